The molecule has 4 heteroatoms. The molecule has 0 saturated carbocycles. The summed E-state index contributed by atoms with van der Waals surface area (Å²) >= 11 is 3.35. The Hall–Kier alpha value is -1.94. The summed E-state index contributed by atoms with van der Waals surface area (Å²) < 4.78 is 0.750. The van der Waals surface area contributed by atoms with Crippen LogP contribution >= 0.6 is 15.9 Å². The number of carbonyl (C=O) groups is 1. The zero-order valence-electron chi connectivity index (χ0n) is 12.3. The van der Waals surface area contributed by atoms with Crippen molar-refractivity contribution in [1.29, 1.82) is 0 Å². The molecule has 0 unspecified atom stereocenters. The van der Waals surface area contributed by atoms with Crippen molar-refractivity contribution in [1.82, 2.24) is 5.43 Å². The molecule has 3 nitrogen and oxygen atoms in total. The van der Waals surface area contributed by atoms with E-state index in [-0.39, 0.29) is 5.91 Å². The standard InChI is InChI=1S/C17H17BrN2O/c1-11-8-12(2)15(13(3)9-11)10-19-20-17(21)14-6-4-5-7-16(14)18/h4-10H,1-3H3,(H,20,21)/b19-10+. The Bertz CT molecular complexity index is 685. The van der Waals surface area contributed by atoms with Crippen molar-refractivity contribution in [3.8, 4) is 0 Å². The predicted octanol–water partition coefficient (Wildman–Crippen LogP) is 4.14. The molecule has 0 radical (unpaired) electrons. The summed E-state index contributed by atoms with van der Waals surface area (Å²) in [5, 5.41) is 4.06. The molecule has 2 rings (SSSR count). The molecule has 0 aromatic heterocycles. The Morgan fingerprint density at radius 3 is 2.38 bits per heavy atom. The van der Waals surface area contributed by atoms with Crippen molar-refractivity contribution in [2.75, 3.05) is 0 Å². The number of benzene rings is 2. The van der Waals surface area contributed by atoms with Crippen LogP contribution in [0, 0.1) is 20.8 Å². The second-order valence-corrected chi connectivity index (χ2v) is 5.85. The highest BCUT2D eigenvalue weighted by Gasteiger charge is 2.07. The lowest BCUT2D eigenvalue weighted by Crippen LogP contribution is -2.18. The van der Waals surface area contributed by atoms with Gasteiger partial charge in [-0.15, -0.1) is 0 Å². The van der Waals surface area contributed by atoms with Crippen molar-refractivity contribution in [3.05, 3.63) is 68.7 Å². The van der Waals surface area contributed by atoms with Gasteiger partial charge < -0.3 is 0 Å². The number of nitrogens with one attached hydrogen (secondary N) is 1. The molecule has 21 heavy (non-hydrogen) atoms. The number of halogens is 1. The van der Waals surface area contributed by atoms with Crippen LogP contribution in [0.15, 0.2) is 46.0 Å². The lowest BCUT2D eigenvalue weighted by Gasteiger charge is -2.07. The molecule has 0 atom stereocenters. The maximum atomic E-state index is 12.0. The zero-order chi connectivity index (χ0) is 15.4. The summed E-state index contributed by atoms with van der Waals surface area (Å²) in [6.45, 7) is 6.14. The van der Waals surface area contributed by atoms with Crippen LogP contribution in [-0.2, 0) is 0 Å². The molecule has 1 N–H and O–H groups in total. The molecule has 0 aliphatic heterocycles. The molecule has 0 saturated heterocycles. The minimum absolute atomic E-state index is 0.235. The van der Waals surface area contributed by atoms with E-state index in [0.717, 1.165) is 21.2 Å². The third-order valence-corrected chi connectivity index (χ3v) is 3.91. The highest BCUT2D eigenvalue weighted by molar-refractivity contribution is 9.10. The van der Waals surface area contributed by atoms with E-state index in [1.165, 1.54) is 5.56 Å². The van der Waals surface area contributed by atoms with Gasteiger partial charge in [0.15, 0.2) is 0 Å². The average molecular weight is 345 g/mol. The van der Waals surface area contributed by atoms with Crippen LogP contribution in [0.2, 0.25) is 0 Å². The molecule has 0 spiro atoms. The van der Waals surface area contributed by atoms with Crippen molar-refractivity contribution in [2.24, 2.45) is 5.10 Å². The first-order valence-corrected chi connectivity index (χ1v) is 7.44. The summed E-state index contributed by atoms with van der Waals surface area (Å²) in [7, 11) is 0. The van der Waals surface area contributed by atoms with E-state index in [1.54, 1.807) is 12.3 Å². The maximum absolute atomic E-state index is 12.0. The van der Waals surface area contributed by atoms with Crippen molar-refractivity contribution >= 4 is 28.1 Å². The fraction of sp³-hybridized carbons (Fsp3) is 0.176. The number of hydrazone groups is 1. The third kappa shape index (κ3) is 3.79. The Kier molecular flexibility index (Phi) is 4.91. The van der Waals surface area contributed by atoms with Crippen molar-refractivity contribution < 1.29 is 4.79 Å². The van der Waals surface area contributed by atoms with Crippen molar-refractivity contribution in [3.63, 3.8) is 0 Å². The first-order chi connectivity index (χ1) is 9.99. The molecular formula is C17H17BrN2O. The Balaban J connectivity index is 2.13. The van der Waals surface area contributed by atoms with E-state index in [0.29, 0.717) is 5.56 Å². The monoisotopic (exact) mass is 344 g/mol. The normalized spacial score (nSPS) is 10.9. The quantitative estimate of drug-likeness (QED) is 0.659. The molecule has 2 aromatic carbocycles. The van der Waals surface area contributed by atoms with Gasteiger partial charge in [0.05, 0.1) is 11.8 Å². The van der Waals surface area contributed by atoms with Gasteiger partial charge in [-0.3, -0.25) is 4.79 Å². The van der Waals surface area contributed by atoms with Crippen LogP contribution < -0.4 is 5.43 Å². The van der Waals surface area contributed by atoms with E-state index in [1.807, 2.05) is 32.0 Å². The second-order valence-electron chi connectivity index (χ2n) is 4.99. The molecule has 1 amide bonds. The van der Waals surface area contributed by atoms with Gasteiger partial charge >= 0.3 is 0 Å². The summed E-state index contributed by atoms with van der Waals surface area (Å²) in [5.74, 6) is -0.235. The molecule has 108 valence electrons. The van der Waals surface area contributed by atoms with Gasteiger partial charge in [0.25, 0.3) is 5.91 Å². The van der Waals surface area contributed by atoms with Gasteiger partial charge in [0.2, 0.25) is 0 Å². The SMILES string of the molecule is Cc1cc(C)c(/C=N/NC(=O)c2ccccc2Br)c(C)c1. The van der Waals surface area contributed by atoms with Gasteiger partial charge in [-0.1, -0.05) is 29.8 Å². The van der Waals surface area contributed by atoms with Gasteiger partial charge in [-0.05, 0) is 60.0 Å². The fourth-order valence-electron chi connectivity index (χ4n) is 2.26. The maximum Gasteiger partial charge on any atom is 0.272 e. The zero-order valence-corrected chi connectivity index (χ0v) is 13.9. The Morgan fingerprint density at radius 2 is 1.76 bits per heavy atom. The first kappa shape index (κ1) is 15.4. The number of amides is 1. The summed E-state index contributed by atoms with van der Waals surface area (Å²) in [4.78, 5) is 12.0. The van der Waals surface area contributed by atoms with Crippen LogP contribution in [0.1, 0.15) is 32.6 Å². The van der Waals surface area contributed by atoms with Gasteiger partial charge in [0.1, 0.15) is 0 Å². The molecule has 0 aliphatic rings. The van der Waals surface area contributed by atoms with Crippen LogP contribution in [0.25, 0.3) is 0 Å². The molecule has 0 bridgehead atoms. The van der Waals surface area contributed by atoms with E-state index in [9.17, 15) is 4.79 Å². The largest absolute Gasteiger partial charge is 0.272 e. The van der Waals surface area contributed by atoms with Crippen LogP contribution in [0.4, 0.5) is 0 Å². The minimum Gasteiger partial charge on any atom is -0.267 e. The number of rotatable bonds is 3. The molecule has 0 fully saturated rings. The van der Waals surface area contributed by atoms with E-state index in [4.69, 9.17) is 0 Å². The smallest absolute Gasteiger partial charge is 0.267 e. The summed E-state index contributed by atoms with van der Waals surface area (Å²) in [6.07, 6.45) is 1.69. The van der Waals surface area contributed by atoms with Gasteiger partial charge in [-0.25, -0.2) is 5.43 Å². The number of nitrogens with zero attached hydrogens (tertiary/aromatic N) is 1. The Morgan fingerprint density at radius 1 is 1.14 bits per heavy atom. The van der Waals surface area contributed by atoms with E-state index >= 15 is 0 Å². The van der Waals surface area contributed by atoms with E-state index < -0.39 is 0 Å². The molecule has 0 heterocycles. The average Bonchev–Trinajstić information content (AvgIpc) is 2.42. The van der Waals surface area contributed by atoms with Gasteiger partial charge in [0, 0.05) is 10.0 Å². The third-order valence-electron chi connectivity index (χ3n) is 3.22. The highest BCUT2D eigenvalue weighted by atomic mass is 79.9. The lowest BCUT2D eigenvalue weighted by atomic mass is 10.0. The summed E-state index contributed by atoms with van der Waals surface area (Å²) in [5.41, 5.74) is 7.67. The first-order valence-electron chi connectivity index (χ1n) is 6.65. The number of aryl methyl sites for hydroxylation is 3. The van der Waals surface area contributed by atoms with E-state index in [2.05, 4.69) is 45.5 Å². The summed E-state index contributed by atoms with van der Waals surface area (Å²) in [6, 6.07) is 11.5. The Labute approximate surface area is 133 Å². The van der Waals surface area contributed by atoms with Crippen molar-refractivity contribution in [2.45, 2.75) is 20.8 Å². The number of hydrogen-bond donors (Lipinski definition) is 1. The number of hydrogen-bond acceptors (Lipinski definition) is 2. The second kappa shape index (κ2) is 6.68. The highest BCUT2D eigenvalue weighted by Crippen LogP contribution is 2.16. The molecule has 2 aromatic rings. The lowest BCUT2D eigenvalue weighted by molar-refractivity contribution is 0.0954. The minimum atomic E-state index is -0.235. The van der Waals surface area contributed by atoms with Crippen LogP contribution in [-0.4, -0.2) is 12.1 Å². The number of carbonyl (C=O) groups excluding carboxylic acids is 1. The van der Waals surface area contributed by atoms with Crippen LogP contribution in [0.3, 0.4) is 0 Å². The van der Waals surface area contributed by atoms with Gasteiger partial charge in [-0.2, -0.15) is 5.10 Å². The fourth-order valence-corrected chi connectivity index (χ4v) is 2.72. The van der Waals surface area contributed by atoms with Crippen LogP contribution in [0.5, 0.6) is 0 Å². The predicted molar refractivity (Wildman–Crippen MR) is 89.9 cm³/mol. The molecular weight excluding hydrogens is 328 g/mol. The molecule has 0 aliphatic carbocycles. The topological polar surface area (TPSA) is 41.5 Å².